The summed E-state index contributed by atoms with van der Waals surface area (Å²) in [6, 6.07) is 12.9. The van der Waals surface area contributed by atoms with Gasteiger partial charge in [-0.3, -0.25) is 9.59 Å². The van der Waals surface area contributed by atoms with Crippen LogP contribution in [0.25, 0.3) is 5.76 Å². The summed E-state index contributed by atoms with van der Waals surface area (Å²) in [7, 11) is 1.57. The molecular formula is C24H26ClNO5. The van der Waals surface area contributed by atoms with Crippen LogP contribution in [0.3, 0.4) is 0 Å². The molecular weight excluding hydrogens is 418 g/mol. The Labute approximate surface area is 187 Å². The summed E-state index contributed by atoms with van der Waals surface area (Å²) in [4.78, 5) is 27.3. The van der Waals surface area contributed by atoms with E-state index in [-0.39, 0.29) is 17.4 Å². The third-order valence-corrected chi connectivity index (χ3v) is 5.34. The SMILES string of the molecule is COc1ccc([C@@H]2C(=C(O)c3ccc(Cl)cc3)C(=O)C(=O)N2CCCOC(C)C)cc1. The molecule has 0 radical (unpaired) electrons. The van der Waals surface area contributed by atoms with Gasteiger partial charge in [0.25, 0.3) is 11.7 Å². The molecule has 2 aromatic rings. The minimum absolute atomic E-state index is 0.0577. The van der Waals surface area contributed by atoms with Gasteiger partial charge in [0.2, 0.25) is 0 Å². The van der Waals surface area contributed by atoms with Gasteiger partial charge in [-0.2, -0.15) is 0 Å². The van der Waals surface area contributed by atoms with Crippen molar-refractivity contribution in [1.29, 1.82) is 0 Å². The number of rotatable bonds is 8. The zero-order valence-electron chi connectivity index (χ0n) is 17.8. The maximum absolute atomic E-state index is 13.0. The number of carbonyl (C=O) groups is 2. The molecule has 7 heteroatoms. The number of aliphatic hydroxyl groups is 1. The van der Waals surface area contributed by atoms with E-state index in [0.29, 0.717) is 41.5 Å². The molecule has 2 aromatic carbocycles. The molecule has 1 aliphatic heterocycles. The average Bonchev–Trinajstić information content (AvgIpc) is 3.01. The second kappa shape index (κ2) is 9.98. The fourth-order valence-corrected chi connectivity index (χ4v) is 3.69. The molecule has 1 N–H and O–H groups in total. The number of likely N-dealkylation sites (tertiary alicyclic amines) is 1. The summed E-state index contributed by atoms with van der Waals surface area (Å²) in [5.74, 6) is -0.917. The molecule has 164 valence electrons. The van der Waals surface area contributed by atoms with Crippen molar-refractivity contribution < 1.29 is 24.2 Å². The van der Waals surface area contributed by atoms with Crippen LogP contribution in [0.4, 0.5) is 0 Å². The molecule has 0 saturated carbocycles. The van der Waals surface area contributed by atoms with Gasteiger partial charge in [0.15, 0.2) is 0 Å². The lowest BCUT2D eigenvalue weighted by atomic mass is 9.95. The number of aliphatic hydroxyl groups excluding tert-OH is 1. The van der Waals surface area contributed by atoms with E-state index in [1.54, 1.807) is 55.6 Å². The molecule has 0 aliphatic carbocycles. The van der Waals surface area contributed by atoms with Crippen LogP contribution < -0.4 is 4.74 Å². The molecule has 0 unspecified atom stereocenters. The van der Waals surface area contributed by atoms with Crippen LogP contribution in [0.2, 0.25) is 5.02 Å². The first-order valence-corrected chi connectivity index (χ1v) is 10.5. The number of methoxy groups -OCH3 is 1. The number of hydrogen-bond acceptors (Lipinski definition) is 5. The number of halogens is 1. The van der Waals surface area contributed by atoms with E-state index in [1.165, 1.54) is 4.90 Å². The van der Waals surface area contributed by atoms with Gasteiger partial charge < -0.3 is 19.5 Å². The number of benzene rings is 2. The Balaban J connectivity index is 2.02. The molecule has 1 aliphatic rings. The van der Waals surface area contributed by atoms with Gasteiger partial charge in [-0.1, -0.05) is 23.7 Å². The fourth-order valence-electron chi connectivity index (χ4n) is 3.56. The van der Waals surface area contributed by atoms with Gasteiger partial charge in [0.1, 0.15) is 11.5 Å². The van der Waals surface area contributed by atoms with Crippen LogP contribution in [0.1, 0.15) is 37.4 Å². The van der Waals surface area contributed by atoms with Crippen molar-refractivity contribution in [3.05, 3.63) is 70.3 Å². The van der Waals surface area contributed by atoms with E-state index >= 15 is 0 Å². The molecule has 1 fully saturated rings. The Morgan fingerprint density at radius 3 is 2.32 bits per heavy atom. The highest BCUT2D eigenvalue weighted by Gasteiger charge is 2.45. The van der Waals surface area contributed by atoms with Gasteiger partial charge in [0.05, 0.1) is 24.8 Å². The number of Topliss-reactive ketones (excluding diaryl/α,β-unsaturated/α-hetero) is 1. The quantitative estimate of drug-likeness (QED) is 0.279. The highest BCUT2D eigenvalue weighted by molar-refractivity contribution is 6.46. The van der Waals surface area contributed by atoms with Crippen LogP contribution in [-0.2, 0) is 14.3 Å². The Bertz CT molecular complexity index is 966. The van der Waals surface area contributed by atoms with Crippen LogP contribution >= 0.6 is 11.6 Å². The van der Waals surface area contributed by atoms with Crippen molar-refractivity contribution >= 4 is 29.1 Å². The van der Waals surface area contributed by atoms with Crippen LogP contribution in [0, 0.1) is 0 Å². The number of nitrogens with zero attached hydrogens (tertiary/aromatic N) is 1. The fraction of sp³-hybridized carbons (Fsp3) is 0.333. The summed E-state index contributed by atoms with van der Waals surface area (Å²) in [5, 5.41) is 11.5. The second-order valence-corrected chi connectivity index (χ2v) is 7.98. The van der Waals surface area contributed by atoms with Gasteiger partial charge in [0, 0.05) is 23.7 Å². The predicted octanol–water partition coefficient (Wildman–Crippen LogP) is 4.59. The molecule has 31 heavy (non-hydrogen) atoms. The van der Waals surface area contributed by atoms with Gasteiger partial charge >= 0.3 is 0 Å². The molecule has 6 nitrogen and oxygen atoms in total. The first kappa shape index (κ1) is 22.8. The Morgan fingerprint density at radius 1 is 1.10 bits per heavy atom. The minimum Gasteiger partial charge on any atom is -0.507 e. The Kier molecular flexibility index (Phi) is 7.36. The lowest BCUT2D eigenvalue weighted by Gasteiger charge is -2.25. The van der Waals surface area contributed by atoms with E-state index in [9.17, 15) is 14.7 Å². The first-order valence-electron chi connectivity index (χ1n) is 10.1. The number of amides is 1. The van der Waals surface area contributed by atoms with Crippen LogP contribution in [-0.4, -0.2) is 48.1 Å². The van der Waals surface area contributed by atoms with Crippen LogP contribution in [0.5, 0.6) is 5.75 Å². The topological polar surface area (TPSA) is 76.1 Å². The van der Waals surface area contributed by atoms with Crippen molar-refractivity contribution in [2.45, 2.75) is 32.4 Å². The zero-order valence-corrected chi connectivity index (χ0v) is 18.6. The first-order chi connectivity index (χ1) is 14.8. The molecule has 1 saturated heterocycles. The average molecular weight is 444 g/mol. The number of ether oxygens (including phenoxy) is 2. The lowest BCUT2D eigenvalue weighted by molar-refractivity contribution is -0.140. The third-order valence-electron chi connectivity index (χ3n) is 5.08. The Morgan fingerprint density at radius 2 is 1.74 bits per heavy atom. The van der Waals surface area contributed by atoms with Crippen molar-refractivity contribution in [2.75, 3.05) is 20.3 Å². The molecule has 1 atom stereocenters. The molecule has 0 bridgehead atoms. The lowest BCUT2D eigenvalue weighted by Crippen LogP contribution is -2.31. The summed E-state index contributed by atoms with van der Waals surface area (Å²) < 4.78 is 10.8. The van der Waals surface area contributed by atoms with Gasteiger partial charge in [-0.05, 0) is 62.2 Å². The van der Waals surface area contributed by atoms with E-state index in [1.807, 2.05) is 13.8 Å². The monoisotopic (exact) mass is 443 g/mol. The summed E-state index contributed by atoms with van der Waals surface area (Å²) in [6.07, 6.45) is 0.650. The third kappa shape index (κ3) is 5.09. The van der Waals surface area contributed by atoms with Crippen molar-refractivity contribution in [3.63, 3.8) is 0 Å². The number of ketones is 1. The smallest absolute Gasteiger partial charge is 0.295 e. The van der Waals surface area contributed by atoms with Crippen molar-refractivity contribution in [1.82, 2.24) is 4.90 Å². The molecule has 1 heterocycles. The maximum Gasteiger partial charge on any atom is 0.295 e. The summed E-state index contributed by atoms with van der Waals surface area (Å²) in [6.45, 7) is 4.67. The highest BCUT2D eigenvalue weighted by Crippen LogP contribution is 2.40. The molecule has 3 rings (SSSR count). The molecule has 0 spiro atoms. The largest absolute Gasteiger partial charge is 0.507 e. The van der Waals surface area contributed by atoms with Crippen LogP contribution in [0.15, 0.2) is 54.1 Å². The summed E-state index contributed by atoms with van der Waals surface area (Å²) >= 11 is 5.95. The molecule has 1 amide bonds. The normalized spacial score (nSPS) is 18.1. The maximum atomic E-state index is 13.0. The van der Waals surface area contributed by atoms with Crippen molar-refractivity contribution in [3.8, 4) is 5.75 Å². The molecule has 0 aromatic heterocycles. The van der Waals surface area contributed by atoms with E-state index < -0.39 is 17.7 Å². The minimum atomic E-state index is -0.710. The number of hydrogen-bond donors (Lipinski definition) is 1. The van der Waals surface area contributed by atoms with E-state index in [4.69, 9.17) is 21.1 Å². The Hall–Kier alpha value is -2.83. The van der Waals surface area contributed by atoms with Gasteiger partial charge in [-0.25, -0.2) is 0 Å². The zero-order chi connectivity index (χ0) is 22.5. The van der Waals surface area contributed by atoms with Crippen molar-refractivity contribution in [2.24, 2.45) is 0 Å². The van der Waals surface area contributed by atoms with E-state index in [0.717, 1.165) is 0 Å². The highest BCUT2D eigenvalue weighted by atomic mass is 35.5. The van der Waals surface area contributed by atoms with Gasteiger partial charge in [-0.15, -0.1) is 0 Å². The predicted molar refractivity (Wildman–Crippen MR) is 119 cm³/mol. The summed E-state index contributed by atoms with van der Waals surface area (Å²) in [5.41, 5.74) is 1.19. The van der Waals surface area contributed by atoms with E-state index in [2.05, 4.69) is 0 Å². The standard InChI is InChI=1S/C24H26ClNO5/c1-15(2)31-14-4-13-26-21(16-7-11-19(30-3)12-8-16)20(23(28)24(26)29)22(27)17-5-9-18(25)10-6-17/h5-12,15,21,27H,4,13-14H2,1-3H3/t21-/m1/s1. The number of carbonyl (C=O) groups excluding carboxylic acids is 2. The second-order valence-electron chi connectivity index (χ2n) is 7.55.